The van der Waals surface area contributed by atoms with Crippen LogP contribution < -0.4 is 20.7 Å². The van der Waals surface area contributed by atoms with E-state index in [1.54, 1.807) is 30.0 Å². The van der Waals surface area contributed by atoms with Crippen LogP contribution in [-0.2, 0) is 9.59 Å². The van der Waals surface area contributed by atoms with Crippen molar-refractivity contribution in [1.29, 1.82) is 0 Å². The minimum atomic E-state index is -0.447. The molecule has 1 fully saturated rings. The molecule has 1 saturated heterocycles. The summed E-state index contributed by atoms with van der Waals surface area (Å²) in [6, 6.07) is 4.89. The summed E-state index contributed by atoms with van der Waals surface area (Å²) in [7, 11) is 0. The van der Waals surface area contributed by atoms with E-state index in [0.29, 0.717) is 23.7 Å². The van der Waals surface area contributed by atoms with Crippen LogP contribution in [0.3, 0.4) is 0 Å². The van der Waals surface area contributed by atoms with Gasteiger partial charge in [0.15, 0.2) is 0 Å². The predicted octanol–water partition coefficient (Wildman–Crippen LogP) is 0.519. The fourth-order valence-electron chi connectivity index (χ4n) is 2.07. The average molecular weight is 263 g/mol. The van der Waals surface area contributed by atoms with E-state index in [1.807, 2.05) is 6.92 Å². The molecule has 1 unspecified atom stereocenters. The highest BCUT2D eigenvalue weighted by molar-refractivity contribution is 6.05. The van der Waals surface area contributed by atoms with Crippen LogP contribution in [0.15, 0.2) is 18.2 Å². The van der Waals surface area contributed by atoms with Gasteiger partial charge in [0.2, 0.25) is 11.8 Å². The summed E-state index contributed by atoms with van der Waals surface area (Å²) in [5.74, 6) is -0.0904. The number of amides is 2. The van der Waals surface area contributed by atoms with Crippen molar-refractivity contribution >= 4 is 23.2 Å². The van der Waals surface area contributed by atoms with Crippen LogP contribution in [-0.4, -0.2) is 31.0 Å². The number of anilines is 2. The highest BCUT2D eigenvalue weighted by atomic mass is 16.5. The summed E-state index contributed by atoms with van der Waals surface area (Å²) in [5, 5.41) is 2.30. The second kappa shape index (κ2) is 5.17. The number of nitrogens with two attached hydrogens (primary N) is 1. The van der Waals surface area contributed by atoms with E-state index >= 15 is 0 Å². The molecule has 1 aliphatic rings. The number of rotatable bonds is 3. The van der Waals surface area contributed by atoms with E-state index in [9.17, 15) is 9.59 Å². The Morgan fingerprint density at radius 2 is 2.21 bits per heavy atom. The number of imide groups is 1. The van der Waals surface area contributed by atoms with Gasteiger partial charge in [0, 0.05) is 0 Å². The molecular weight excluding hydrogens is 246 g/mol. The van der Waals surface area contributed by atoms with Gasteiger partial charge in [-0.05, 0) is 26.0 Å². The van der Waals surface area contributed by atoms with Gasteiger partial charge in [-0.15, -0.1) is 0 Å². The van der Waals surface area contributed by atoms with E-state index in [2.05, 4.69) is 5.32 Å². The standard InChI is InChI=1S/C13H17N3O3/c1-3-19-10-6-4-5-9(12(10)14)16-7-11(17)15-13(18)8(16)2/h4-6,8H,3,7,14H2,1-2H3,(H,15,17,18). The first-order chi connectivity index (χ1) is 9.04. The molecule has 19 heavy (non-hydrogen) atoms. The number of nitrogens with one attached hydrogen (secondary N) is 1. The minimum Gasteiger partial charge on any atom is -0.492 e. The lowest BCUT2D eigenvalue weighted by Crippen LogP contribution is -2.57. The number of piperazine rings is 1. The number of carbonyl (C=O) groups is 2. The molecule has 6 nitrogen and oxygen atoms in total. The quantitative estimate of drug-likeness (QED) is 0.613. The number of ether oxygens (including phenoxy) is 1. The Kier molecular flexibility index (Phi) is 3.59. The average Bonchev–Trinajstić information content (AvgIpc) is 2.37. The van der Waals surface area contributed by atoms with Crippen molar-refractivity contribution in [2.75, 3.05) is 23.8 Å². The zero-order chi connectivity index (χ0) is 14.0. The van der Waals surface area contributed by atoms with Crippen molar-refractivity contribution in [3.05, 3.63) is 18.2 Å². The number of nitrogen functional groups attached to an aromatic ring is 1. The monoisotopic (exact) mass is 263 g/mol. The Morgan fingerprint density at radius 3 is 2.89 bits per heavy atom. The highest BCUT2D eigenvalue weighted by Crippen LogP contribution is 2.33. The van der Waals surface area contributed by atoms with Crippen molar-refractivity contribution in [1.82, 2.24) is 5.32 Å². The van der Waals surface area contributed by atoms with E-state index in [-0.39, 0.29) is 18.4 Å². The number of benzene rings is 1. The summed E-state index contributed by atoms with van der Waals surface area (Å²) >= 11 is 0. The molecule has 2 amide bonds. The molecule has 1 aromatic rings. The maximum absolute atomic E-state index is 11.7. The minimum absolute atomic E-state index is 0.104. The summed E-state index contributed by atoms with van der Waals surface area (Å²) in [6.45, 7) is 4.20. The maximum atomic E-state index is 11.7. The maximum Gasteiger partial charge on any atom is 0.249 e. The summed E-state index contributed by atoms with van der Waals surface area (Å²) < 4.78 is 5.42. The third-order valence-corrected chi connectivity index (χ3v) is 3.08. The van der Waals surface area contributed by atoms with Gasteiger partial charge in [-0.1, -0.05) is 6.07 Å². The fourth-order valence-corrected chi connectivity index (χ4v) is 2.07. The molecule has 0 aromatic heterocycles. The first kappa shape index (κ1) is 13.2. The lowest BCUT2D eigenvalue weighted by Gasteiger charge is -2.34. The Bertz CT molecular complexity index is 516. The molecule has 0 radical (unpaired) electrons. The Morgan fingerprint density at radius 1 is 1.47 bits per heavy atom. The van der Waals surface area contributed by atoms with Crippen LogP contribution in [0, 0.1) is 0 Å². The van der Waals surface area contributed by atoms with Gasteiger partial charge < -0.3 is 15.4 Å². The molecule has 2 rings (SSSR count). The molecule has 0 aliphatic carbocycles. The Labute approximate surface area is 111 Å². The topological polar surface area (TPSA) is 84.7 Å². The normalized spacial score (nSPS) is 19.3. The van der Waals surface area contributed by atoms with Crippen LogP contribution in [0.4, 0.5) is 11.4 Å². The van der Waals surface area contributed by atoms with Gasteiger partial charge >= 0.3 is 0 Å². The Balaban J connectivity index is 2.37. The number of carbonyl (C=O) groups excluding carboxylic acids is 2. The molecule has 1 heterocycles. The smallest absolute Gasteiger partial charge is 0.249 e. The van der Waals surface area contributed by atoms with Crippen molar-refractivity contribution in [2.45, 2.75) is 19.9 Å². The summed E-state index contributed by atoms with van der Waals surface area (Å²) in [5.41, 5.74) is 7.13. The van der Waals surface area contributed by atoms with Crippen molar-refractivity contribution < 1.29 is 14.3 Å². The van der Waals surface area contributed by atoms with Crippen LogP contribution in [0.2, 0.25) is 0 Å². The van der Waals surface area contributed by atoms with Crippen LogP contribution in [0.5, 0.6) is 5.75 Å². The van der Waals surface area contributed by atoms with E-state index in [0.717, 1.165) is 0 Å². The van der Waals surface area contributed by atoms with Crippen LogP contribution >= 0.6 is 0 Å². The lowest BCUT2D eigenvalue weighted by atomic mass is 10.1. The first-order valence-electron chi connectivity index (χ1n) is 6.16. The first-order valence-corrected chi connectivity index (χ1v) is 6.16. The fraction of sp³-hybridized carbons (Fsp3) is 0.385. The molecule has 3 N–H and O–H groups in total. The molecular formula is C13H17N3O3. The number of hydrogen-bond donors (Lipinski definition) is 2. The highest BCUT2D eigenvalue weighted by Gasteiger charge is 2.31. The van der Waals surface area contributed by atoms with E-state index < -0.39 is 6.04 Å². The molecule has 1 atom stereocenters. The largest absolute Gasteiger partial charge is 0.492 e. The third kappa shape index (κ3) is 2.47. The second-order valence-electron chi connectivity index (χ2n) is 4.34. The lowest BCUT2D eigenvalue weighted by molar-refractivity contribution is -0.132. The van der Waals surface area contributed by atoms with Crippen LogP contribution in [0.1, 0.15) is 13.8 Å². The van der Waals surface area contributed by atoms with Gasteiger partial charge in [0.05, 0.1) is 24.5 Å². The summed E-state index contributed by atoms with van der Waals surface area (Å²) in [6.07, 6.45) is 0. The van der Waals surface area contributed by atoms with Gasteiger partial charge in [-0.25, -0.2) is 0 Å². The van der Waals surface area contributed by atoms with Gasteiger partial charge in [-0.2, -0.15) is 0 Å². The zero-order valence-electron chi connectivity index (χ0n) is 11.0. The third-order valence-electron chi connectivity index (χ3n) is 3.08. The molecule has 102 valence electrons. The van der Waals surface area contributed by atoms with E-state index in [1.165, 1.54) is 0 Å². The molecule has 1 aliphatic heterocycles. The SMILES string of the molecule is CCOc1cccc(N2CC(=O)NC(=O)C2C)c1N. The van der Waals surface area contributed by atoms with Gasteiger partial charge in [0.1, 0.15) is 11.8 Å². The van der Waals surface area contributed by atoms with Crippen molar-refractivity contribution in [3.8, 4) is 5.75 Å². The molecule has 0 bridgehead atoms. The molecule has 0 spiro atoms. The summed E-state index contributed by atoms with van der Waals surface area (Å²) in [4.78, 5) is 24.8. The zero-order valence-corrected chi connectivity index (χ0v) is 11.0. The van der Waals surface area contributed by atoms with Gasteiger partial charge in [0.25, 0.3) is 0 Å². The molecule has 1 aromatic carbocycles. The molecule has 0 saturated carbocycles. The second-order valence-corrected chi connectivity index (χ2v) is 4.34. The van der Waals surface area contributed by atoms with Crippen molar-refractivity contribution in [2.24, 2.45) is 0 Å². The molecule has 6 heteroatoms. The number of nitrogens with zero attached hydrogens (tertiary/aromatic N) is 1. The number of hydrogen-bond acceptors (Lipinski definition) is 5. The Hall–Kier alpha value is -2.24. The van der Waals surface area contributed by atoms with Crippen LogP contribution in [0.25, 0.3) is 0 Å². The number of para-hydroxylation sites is 1. The van der Waals surface area contributed by atoms with Gasteiger partial charge in [-0.3, -0.25) is 14.9 Å². The van der Waals surface area contributed by atoms with Crippen molar-refractivity contribution in [3.63, 3.8) is 0 Å². The van der Waals surface area contributed by atoms with E-state index in [4.69, 9.17) is 10.5 Å². The predicted molar refractivity (Wildman–Crippen MR) is 72.0 cm³/mol.